The van der Waals surface area contributed by atoms with Crippen LogP contribution >= 0.6 is 0 Å². The lowest BCUT2D eigenvalue weighted by Crippen LogP contribution is -2.38. The average Bonchev–Trinajstić information content (AvgIpc) is 2.94. The third kappa shape index (κ3) is 1.87. The third-order valence-electron chi connectivity index (χ3n) is 4.44. The highest BCUT2D eigenvalue weighted by Gasteiger charge is 2.48. The molecule has 5 nitrogen and oxygen atoms in total. The minimum Gasteiger partial charge on any atom is -0.463 e. The van der Waals surface area contributed by atoms with Crippen LogP contribution in [0.25, 0.3) is 11.1 Å². The Labute approximate surface area is 127 Å². The van der Waals surface area contributed by atoms with Crippen molar-refractivity contribution in [1.29, 1.82) is 0 Å². The van der Waals surface area contributed by atoms with Gasteiger partial charge in [0.2, 0.25) is 0 Å². The van der Waals surface area contributed by atoms with Crippen LogP contribution in [0, 0.1) is 0 Å². The maximum atomic E-state index is 15.1. The minimum absolute atomic E-state index is 0.0821. The quantitative estimate of drug-likeness (QED) is 0.875. The largest absolute Gasteiger partial charge is 0.463 e. The molecule has 0 saturated heterocycles. The molecule has 1 unspecified atom stereocenters. The molecule has 0 bridgehead atoms. The predicted molar refractivity (Wildman–Crippen MR) is 79.9 cm³/mol. The van der Waals surface area contributed by atoms with Crippen molar-refractivity contribution in [2.45, 2.75) is 24.6 Å². The van der Waals surface area contributed by atoms with Gasteiger partial charge in [0.25, 0.3) is 6.02 Å². The van der Waals surface area contributed by atoms with Gasteiger partial charge in [-0.25, -0.2) is 19.4 Å². The van der Waals surface area contributed by atoms with Gasteiger partial charge in [0.15, 0.2) is 6.17 Å². The normalized spacial score (nSPS) is 26.4. The molecule has 0 radical (unpaired) electrons. The molecule has 0 saturated carbocycles. The number of nitrogens with zero attached hydrogens (tertiary/aromatic N) is 3. The number of ether oxygens (including phenoxy) is 1. The Morgan fingerprint density at radius 1 is 1.27 bits per heavy atom. The van der Waals surface area contributed by atoms with E-state index in [1.807, 2.05) is 18.2 Å². The van der Waals surface area contributed by atoms with Crippen LogP contribution in [-0.4, -0.2) is 28.1 Å². The zero-order valence-corrected chi connectivity index (χ0v) is 11.9. The van der Waals surface area contributed by atoms with Gasteiger partial charge in [0.1, 0.15) is 18.5 Å². The van der Waals surface area contributed by atoms with Crippen LogP contribution in [0.1, 0.15) is 23.7 Å². The summed E-state index contributed by atoms with van der Waals surface area (Å²) in [6.07, 6.45) is 5.05. The van der Waals surface area contributed by atoms with Crippen molar-refractivity contribution in [3.63, 3.8) is 0 Å². The number of benzene rings is 1. The first-order valence-corrected chi connectivity index (χ1v) is 7.19. The maximum Gasteiger partial charge on any atom is 0.282 e. The molecule has 1 aliphatic heterocycles. The summed E-state index contributed by atoms with van der Waals surface area (Å²) < 4.78 is 20.3. The highest BCUT2D eigenvalue weighted by Crippen LogP contribution is 2.46. The van der Waals surface area contributed by atoms with E-state index in [1.165, 1.54) is 6.33 Å². The molecule has 22 heavy (non-hydrogen) atoms. The van der Waals surface area contributed by atoms with Crippen LogP contribution in [-0.2, 0) is 11.2 Å². The zero-order valence-electron chi connectivity index (χ0n) is 11.9. The molecule has 1 aromatic carbocycles. The Balaban J connectivity index is 1.81. The van der Waals surface area contributed by atoms with E-state index in [0.717, 1.165) is 23.1 Å². The monoisotopic (exact) mass is 298 g/mol. The van der Waals surface area contributed by atoms with Gasteiger partial charge in [0, 0.05) is 18.0 Å². The van der Waals surface area contributed by atoms with Crippen LogP contribution in [0.15, 0.2) is 41.9 Å². The second-order valence-electron chi connectivity index (χ2n) is 5.71. The average molecular weight is 298 g/mol. The van der Waals surface area contributed by atoms with Crippen molar-refractivity contribution >= 4 is 6.02 Å². The number of halogens is 1. The summed E-state index contributed by atoms with van der Waals surface area (Å²) in [6.45, 7) is 0.206. The van der Waals surface area contributed by atoms with E-state index < -0.39 is 11.7 Å². The molecule has 1 aliphatic carbocycles. The Kier molecular flexibility index (Phi) is 2.85. The number of hydrogen-bond donors (Lipinski definition) is 1. The minimum atomic E-state index is -1.22. The van der Waals surface area contributed by atoms with Crippen molar-refractivity contribution in [3.05, 3.63) is 48.0 Å². The fourth-order valence-corrected chi connectivity index (χ4v) is 3.33. The summed E-state index contributed by atoms with van der Waals surface area (Å²) >= 11 is 0. The van der Waals surface area contributed by atoms with Gasteiger partial charge in [-0.05, 0) is 29.5 Å². The van der Waals surface area contributed by atoms with Crippen molar-refractivity contribution in [2.75, 3.05) is 6.61 Å². The Morgan fingerprint density at radius 3 is 2.82 bits per heavy atom. The zero-order chi connectivity index (χ0) is 15.2. The third-order valence-corrected chi connectivity index (χ3v) is 4.44. The molecule has 1 spiro atoms. The number of rotatable bonds is 1. The number of alkyl halides is 1. The van der Waals surface area contributed by atoms with Crippen LogP contribution < -0.4 is 5.73 Å². The Bertz CT molecular complexity index is 749. The molecular weight excluding hydrogens is 283 g/mol. The molecule has 2 atom stereocenters. The highest BCUT2D eigenvalue weighted by atomic mass is 19.1. The van der Waals surface area contributed by atoms with E-state index in [0.29, 0.717) is 12.0 Å². The molecule has 2 aliphatic rings. The molecule has 2 N–H and O–H groups in total. The predicted octanol–water partition coefficient (Wildman–Crippen LogP) is 2.18. The smallest absolute Gasteiger partial charge is 0.282 e. The second-order valence-corrected chi connectivity index (χ2v) is 5.71. The standard InChI is InChI=1S/C16H15FN4O/c17-14-13-3-1-2-11(10-6-19-9-20-7-10)12(13)4-5-16(14)8-22-15(18)21-16/h1-3,6-7,9,14H,4-5,8H2,(H2,18,21)/t14?,16-/m0/s1. The molecule has 0 amide bonds. The number of aliphatic imine (C=N–C) groups is 1. The molecule has 6 heteroatoms. The summed E-state index contributed by atoms with van der Waals surface area (Å²) in [4.78, 5) is 12.3. The molecule has 0 fully saturated rings. The van der Waals surface area contributed by atoms with E-state index in [-0.39, 0.29) is 12.6 Å². The van der Waals surface area contributed by atoms with Gasteiger partial charge >= 0.3 is 0 Å². The van der Waals surface area contributed by atoms with Crippen LogP contribution in [0.5, 0.6) is 0 Å². The molecule has 2 aromatic rings. The van der Waals surface area contributed by atoms with E-state index in [9.17, 15) is 0 Å². The number of hydrogen-bond acceptors (Lipinski definition) is 5. The van der Waals surface area contributed by atoms with E-state index in [2.05, 4.69) is 15.0 Å². The summed E-state index contributed by atoms with van der Waals surface area (Å²) in [5.41, 5.74) is 8.25. The van der Waals surface area contributed by atoms with Crippen LogP contribution in [0.3, 0.4) is 0 Å². The van der Waals surface area contributed by atoms with Crippen molar-refractivity contribution < 1.29 is 9.13 Å². The number of amidine groups is 1. The summed E-state index contributed by atoms with van der Waals surface area (Å²) in [5.74, 6) is 0. The topological polar surface area (TPSA) is 73.4 Å². The summed E-state index contributed by atoms with van der Waals surface area (Å²) in [5, 5.41) is 0. The number of aromatic nitrogens is 2. The highest BCUT2D eigenvalue weighted by molar-refractivity contribution is 5.74. The van der Waals surface area contributed by atoms with Gasteiger partial charge in [-0.2, -0.15) is 0 Å². The Morgan fingerprint density at radius 2 is 2.09 bits per heavy atom. The fraction of sp³-hybridized carbons (Fsp3) is 0.312. The second kappa shape index (κ2) is 4.76. The van der Waals surface area contributed by atoms with Gasteiger partial charge < -0.3 is 10.5 Å². The van der Waals surface area contributed by atoms with Crippen LogP contribution in [0.2, 0.25) is 0 Å². The fourth-order valence-electron chi connectivity index (χ4n) is 3.33. The van der Waals surface area contributed by atoms with Gasteiger partial charge in [0.05, 0.1) is 0 Å². The first-order chi connectivity index (χ1) is 10.7. The summed E-state index contributed by atoms with van der Waals surface area (Å²) in [6, 6.07) is 5.73. The van der Waals surface area contributed by atoms with Crippen LogP contribution in [0.4, 0.5) is 4.39 Å². The molecule has 2 heterocycles. The van der Waals surface area contributed by atoms with Gasteiger partial charge in [-0.3, -0.25) is 0 Å². The van der Waals surface area contributed by atoms with E-state index in [4.69, 9.17) is 10.5 Å². The van der Waals surface area contributed by atoms with Crippen molar-refractivity contribution in [1.82, 2.24) is 9.97 Å². The molecule has 1 aromatic heterocycles. The van der Waals surface area contributed by atoms with Crippen molar-refractivity contribution in [2.24, 2.45) is 10.7 Å². The van der Waals surface area contributed by atoms with Gasteiger partial charge in [-0.15, -0.1) is 0 Å². The molecule has 112 valence electrons. The first-order valence-electron chi connectivity index (χ1n) is 7.19. The van der Waals surface area contributed by atoms with E-state index in [1.54, 1.807) is 12.4 Å². The van der Waals surface area contributed by atoms with Gasteiger partial charge in [-0.1, -0.05) is 18.2 Å². The maximum absolute atomic E-state index is 15.1. The number of nitrogens with two attached hydrogens (primary N) is 1. The lowest BCUT2D eigenvalue weighted by molar-refractivity contribution is 0.127. The molecule has 4 rings (SSSR count). The number of fused-ring (bicyclic) bond motifs is 1. The molecular formula is C16H15FN4O. The first kappa shape index (κ1) is 13.2. The lowest BCUT2D eigenvalue weighted by atomic mass is 9.75. The Hall–Kier alpha value is -2.50. The van der Waals surface area contributed by atoms with Crippen molar-refractivity contribution in [3.8, 4) is 11.1 Å². The lowest BCUT2D eigenvalue weighted by Gasteiger charge is -2.34. The SMILES string of the molecule is NC1=N[C@@]2(CCc3c(-c4cncnc4)cccc3C2F)CO1. The summed E-state index contributed by atoms with van der Waals surface area (Å²) in [7, 11) is 0. The van der Waals surface area contributed by atoms with E-state index >= 15 is 4.39 Å².